The molecule has 0 aliphatic carbocycles. The highest BCUT2D eigenvalue weighted by atomic mass is 35.5. The Morgan fingerprint density at radius 2 is 1.87 bits per heavy atom. The van der Waals surface area contributed by atoms with Crippen molar-refractivity contribution in [2.24, 2.45) is 0 Å². The van der Waals surface area contributed by atoms with E-state index in [1.165, 1.54) is 4.90 Å². The Kier molecular flexibility index (Phi) is 8.91. The number of carbonyl (C=O) groups excluding carboxylic acids is 1. The third kappa shape index (κ3) is 6.27. The van der Waals surface area contributed by atoms with E-state index < -0.39 is 35.0 Å². The maximum absolute atomic E-state index is 15.2. The molecule has 9 nitrogen and oxygen atoms in total. The van der Waals surface area contributed by atoms with E-state index in [4.69, 9.17) is 16.3 Å². The van der Waals surface area contributed by atoms with E-state index in [1.54, 1.807) is 41.3 Å². The summed E-state index contributed by atoms with van der Waals surface area (Å²) in [4.78, 5) is 30.8. The van der Waals surface area contributed by atoms with Gasteiger partial charge in [0.15, 0.2) is 11.6 Å². The number of hydrogen-bond donors (Lipinski definition) is 0. The molecule has 0 saturated carbocycles. The zero-order valence-electron chi connectivity index (χ0n) is 25.4. The average molecular weight is 668 g/mol. The summed E-state index contributed by atoms with van der Waals surface area (Å²) in [7, 11) is 1.95. The number of aromatic nitrogens is 3. The quantitative estimate of drug-likeness (QED) is 0.165. The highest BCUT2D eigenvalue weighted by Crippen LogP contribution is 2.45. The number of likely N-dealkylation sites (N-methyl/N-ethyl adjacent to an activating group) is 1. The van der Waals surface area contributed by atoms with Crippen LogP contribution in [0.15, 0.2) is 55.0 Å². The SMILES string of the molecule is C=C(F)C(=O)N1CCN(c2nc(OCC3CCCN3C)nc3c(C(F)(F)F)c(-c4cccc5cccc(Cl)c45)cnc23)C[C@@H]1CC#N. The van der Waals surface area contributed by atoms with Crippen LogP contribution in [0.5, 0.6) is 6.01 Å². The molecule has 2 aliphatic rings. The predicted molar refractivity (Wildman–Crippen MR) is 170 cm³/mol. The maximum atomic E-state index is 15.2. The number of nitrogens with zero attached hydrogens (tertiary/aromatic N) is 7. The minimum Gasteiger partial charge on any atom is -0.462 e. The van der Waals surface area contributed by atoms with Gasteiger partial charge in [0, 0.05) is 47.8 Å². The minimum absolute atomic E-state index is 0.0206. The molecule has 6 rings (SSSR count). The van der Waals surface area contributed by atoms with Crippen molar-refractivity contribution in [2.45, 2.75) is 37.5 Å². The van der Waals surface area contributed by atoms with E-state index in [0.29, 0.717) is 10.8 Å². The Balaban J connectivity index is 1.53. The van der Waals surface area contributed by atoms with Crippen molar-refractivity contribution in [1.29, 1.82) is 5.26 Å². The number of hydrogen-bond acceptors (Lipinski definition) is 8. The first kappa shape index (κ1) is 32.4. The number of amides is 1. The van der Waals surface area contributed by atoms with Gasteiger partial charge in [0.25, 0.3) is 5.91 Å². The topological polar surface area (TPSA) is 98.5 Å². The summed E-state index contributed by atoms with van der Waals surface area (Å²) in [6.45, 7) is 4.13. The van der Waals surface area contributed by atoms with Crippen LogP contribution in [0.1, 0.15) is 24.8 Å². The molecule has 4 heterocycles. The zero-order valence-corrected chi connectivity index (χ0v) is 26.2. The van der Waals surface area contributed by atoms with Crippen molar-refractivity contribution in [3.8, 4) is 23.2 Å². The molecular formula is C33H30ClF4N7O2. The Bertz CT molecular complexity index is 1910. The number of nitriles is 1. The van der Waals surface area contributed by atoms with Gasteiger partial charge in [0.1, 0.15) is 17.6 Å². The molecule has 47 heavy (non-hydrogen) atoms. The van der Waals surface area contributed by atoms with Gasteiger partial charge in [0.2, 0.25) is 0 Å². The second kappa shape index (κ2) is 12.9. The maximum Gasteiger partial charge on any atom is 0.419 e. The molecule has 0 radical (unpaired) electrons. The van der Waals surface area contributed by atoms with Gasteiger partial charge >= 0.3 is 12.2 Å². The summed E-state index contributed by atoms with van der Waals surface area (Å²) in [5.41, 5.74) is -1.61. The molecule has 2 aliphatic heterocycles. The van der Waals surface area contributed by atoms with Crippen molar-refractivity contribution < 1.29 is 27.1 Å². The second-order valence-corrected chi connectivity index (χ2v) is 12.1. The van der Waals surface area contributed by atoms with Gasteiger partial charge in [-0.15, -0.1) is 0 Å². The fraction of sp³-hybridized carbons (Fsp3) is 0.364. The summed E-state index contributed by atoms with van der Waals surface area (Å²) < 4.78 is 65.5. The van der Waals surface area contributed by atoms with Gasteiger partial charge in [-0.2, -0.15) is 28.4 Å². The van der Waals surface area contributed by atoms with Crippen LogP contribution in [0.4, 0.5) is 23.4 Å². The lowest BCUT2D eigenvalue weighted by atomic mass is 9.94. The lowest BCUT2D eigenvalue weighted by molar-refractivity contribution is -0.136. The van der Waals surface area contributed by atoms with Crippen LogP contribution in [0.25, 0.3) is 32.9 Å². The number of ether oxygens (including phenoxy) is 1. The first-order valence-corrected chi connectivity index (χ1v) is 15.4. The smallest absolute Gasteiger partial charge is 0.419 e. The van der Waals surface area contributed by atoms with Crippen LogP contribution in [-0.4, -0.2) is 82.6 Å². The van der Waals surface area contributed by atoms with Crippen molar-refractivity contribution in [1.82, 2.24) is 24.8 Å². The minimum atomic E-state index is -4.88. The number of fused-ring (bicyclic) bond motifs is 2. The van der Waals surface area contributed by atoms with Gasteiger partial charge in [0.05, 0.1) is 24.1 Å². The predicted octanol–water partition coefficient (Wildman–Crippen LogP) is 6.40. The number of rotatable bonds is 7. The Morgan fingerprint density at radius 1 is 1.11 bits per heavy atom. The summed E-state index contributed by atoms with van der Waals surface area (Å²) in [5, 5.41) is 10.8. The van der Waals surface area contributed by atoms with E-state index in [9.17, 15) is 14.4 Å². The molecule has 2 aromatic carbocycles. The third-order valence-electron chi connectivity index (χ3n) is 8.78. The summed E-state index contributed by atoms with van der Waals surface area (Å²) in [6.07, 6.45) is -2.08. The number of halogens is 5. The first-order valence-electron chi connectivity index (χ1n) is 15.0. The molecule has 2 atom stereocenters. The zero-order chi connectivity index (χ0) is 33.5. The molecule has 0 bridgehead atoms. The van der Waals surface area contributed by atoms with Crippen LogP contribution in [-0.2, 0) is 11.0 Å². The fourth-order valence-electron chi connectivity index (χ4n) is 6.44. The van der Waals surface area contributed by atoms with E-state index in [0.717, 1.165) is 25.6 Å². The van der Waals surface area contributed by atoms with Crippen molar-refractivity contribution in [3.63, 3.8) is 0 Å². The monoisotopic (exact) mass is 667 g/mol. The van der Waals surface area contributed by atoms with E-state index in [2.05, 4.69) is 26.4 Å². The Hall–Kier alpha value is -4.54. The van der Waals surface area contributed by atoms with Gasteiger partial charge in [-0.3, -0.25) is 9.78 Å². The number of alkyl halides is 3. The normalized spacial score (nSPS) is 18.9. The molecule has 2 aromatic heterocycles. The second-order valence-electron chi connectivity index (χ2n) is 11.7. The van der Waals surface area contributed by atoms with Crippen molar-refractivity contribution >= 4 is 45.1 Å². The fourth-order valence-corrected chi connectivity index (χ4v) is 6.73. The van der Waals surface area contributed by atoms with Crippen LogP contribution in [0.3, 0.4) is 0 Å². The molecule has 0 N–H and O–H groups in total. The lowest BCUT2D eigenvalue weighted by Crippen LogP contribution is -2.55. The number of anilines is 1. The molecule has 1 unspecified atom stereocenters. The van der Waals surface area contributed by atoms with Gasteiger partial charge in [-0.05, 0) is 43.5 Å². The number of benzene rings is 2. The van der Waals surface area contributed by atoms with Crippen LogP contribution in [0.2, 0.25) is 5.02 Å². The Morgan fingerprint density at radius 3 is 2.55 bits per heavy atom. The van der Waals surface area contributed by atoms with Crippen LogP contribution in [0, 0.1) is 11.3 Å². The standard InChI is InChI=1S/C33H30ClF4N7O2/c1-19(35)31(46)45-15-14-44(17-21(45)11-12-39)30-29-28(41-32(42-30)47-18-22-8-5-13-43(22)2)27(33(36,37)38)24(16-40-29)23-9-3-6-20-7-4-10-25(34)26(20)23/h3-4,6-7,9-10,16,21-22H,1,5,8,11,13-15,17-18H2,2H3/t21-,22?/m0/s1. The molecule has 2 fully saturated rings. The number of piperazine rings is 1. The molecule has 0 spiro atoms. The van der Waals surface area contributed by atoms with Crippen molar-refractivity contribution in [2.75, 3.05) is 44.7 Å². The number of likely N-dealkylation sites (tertiary alicyclic amines) is 1. The van der Waals surface area contributed by atoms with E-state index in [-0.39, 0.29) is 72.2 Å². The van der Waals surface area contributed by atoms with E-state index in [1.807, 2.05) is 13.1 Å². The third-order valence-corrected chi connectivity index (χ3v) is 9.09. The van der Waals surface area contributed by atoms with Crippen molar-refractivity contribution in [3.05, 3.63) is 65.6 Å². The van der Waals surface area contributed by atoms with E-state index >= 15 is 13.2 Å². The summed E-state index contributed by atoms with van der Waals surface area (Å²) in [6, 6.07) is 11.1. The van der Waals surface area contributed by atoms with Gasteiger partial charge in [-0.1, -0.05) is 48.5 Å². The molecule has 14 heteroatoms. The average Bonchev–Trinajstić information content (AvgIpc) is 3.46. The van der Waals surface area contributed by atoms with Gasteiger partial charge in [-0.25, -0.2) is 4.39 Å². The molecule has 2 saturated heterocycles. The molecule has 244 valence electrons. The highest BCUT2D eigenvalue weighted by Gasteiger charge is 2.40. The molecular weight excluding hydrogens is 638 g/mol. The number of carbonyl (C=O) groups is 1. The molecule has 1 amide bonds. The van der Waals surface area contributed by atoms with Crippen LogP contribution >= 0.6 is 11.6 Å². The summed E-state index contributed by atoms with van der Waals surface area (Å²) >= 11 is 6.52. The van der Waals surface area contributed by atoms with Gasteiger partial charge < -0.3 is 19.4 Å². The number of pyridine rings is 1. The Labute approximate surface area is 273 Å². The summed E-state index contributed by atoms with van der Waals surface area (Å²) in [5.74, 6) is -2.07. The lowest BCUT2D eigenvalue weighted by Gasteiger charge is -2.41. The first-order chi connectivity index (χ1) is 22.5. The van der Waals surface area contributed by atoms with Crippen LogP contribution < -0.4 is 9.64 Å². The highest BCUT2D eigenvalue weighted by molar-refractivity contribution is 6.36. The molecule has 4 aromatic rings. The largest absolute Gasteiger partial charge is 0.462 e.